The Morgan fingerprint density at radius 2 is 1.42 bits per heavy atom. The van der Waals surface area contributed by atoms with E-state index < -0.39 is 0 Å². The highest BCUT2D eigenvalue weighted by Crippen LogP contribution is 2.16. The molecule has 0 bridgehead atoms. The highest BCUT2D eigenvalue weighted by Gasteiger charge is 2.23. The number of nitrogens with zero attached hydrogens (tertiary/aromatic N) is 2. The monoisotopic (exact) mass is 271 g/mol. The van der Waals surface area contributed by atoms with Crippen LogP contribution in [0.5, 0.6) is 0 Å². The Hall–Kier alpha value is -0.120. The highest BCUT2D eigenvalue weighted by molar-refractivity contribution is 4.80. The van der Waals surface area contributed by atoms with E-state index in [2.05, 4.69) is 77.6 Å². The summed E-state index contributed by atoms with van der Waals surface area (Å²) in [5, 5.41) is 3.54. The van der Waals surface area contributed by atoms with Crippen molar-refractivity contribution in [3.8, 4) is 0 Å². The van der Waals surface area contributed by atoms with E-state index in [-0.39, 0.29) is 11.1 Å². The zero-order valence-corrected chi connectivity index (χ0v) is 14.8. The standard InChI is InChI=1S/C16H37N3/c1-14(2)19(16(6,7)8)13-12-18(9)11-10-17-15(3,4)5/h14,17H,10-13H2,1-9H3. The van der Waals surface area contributed by atoms with Gasteiger partial charge >= 0.3 is 0 Å². The lowest BCUT2D eigenvalue weighted by Crippen LogP contribution is -2.49. The van der Waals surface area contributed by atoms with Crippen LogP contribution in [0.2, 0.25) is 0 Å². The van der Waals surface area contributed by atoms with Crippen LogP contribution >= 0.6 is 0 Å². The number of rotatable bonds is 7. The highest BCUT2D eigenvalue weighted by atomic mass is 15.2. The second kappa shape index (κ2) is 7.61. The molecule has 0 aliphatic carbocycles. The molecule has 0 rings (SSSR count). The van der Waals surface area contributed by atoms with E-state index in [1.54, 1.807) is 0 Å². The lowest BCUT2D eigenvalue weighted by atomic mass is 10.0. The minimum Gasteiger partial charge on any atom is -0.311 e. The SMILES string of the molecule is CC(C)N(CCN(C)CCNC(C)(C)C)C(C)(C)C. The van der Waals surface area contributed by atoms with Crippen LogP contribution in [0.3, 0.4) is 0 Å². The second-order valence-corrected chi connectivity index (χ2v) is 7.94. The summed E-state index contributed by atoms with van der Waals surface area (Å²) >= 11 is 0. The average Bonchev–Trinajstić information content (AvgIpc) is 2.12. The summed E-state index contributed by atoms with van der Waals surface area (Å²) in [4.78, 5) is 4.99. The fourth-order valence-electron chi connectivity index (χ4n) is 2.38. The largest absolute Gasteiger partial charge is 0.311 e. The molecule has 0 atom stereocenters. The topological polar surface area (TPSA) is 18.5 Å². The van der Waals surface area contributed by atoms with Crippen molar-refractivity contribution in [2.45, 2.75) is 72.5 Å². The van der Waals surface area contributed by atoms with Gasteiger partial charge < -0.3 is 10.2 Å². The van der Waals surface area contributed by atoms with Crippen molar-refractivity contribution < 1.29 is 0 Å². The minimum absolute atomic E-state index is 0.218. The molecule has 0 aromatic heterocycles. The van der Waals surface area contributed by atoms with Crippen LogP contribution in [0, 0.1) is 0 Å². The summed E-state index contributed by atoms with van der Waals surface area (Å²) in [7, 11) is 2.21. The third kappa shape index (κ3) is 9.42. The van der Waals surface area contributed by atoms with Gasteiger partial charge in [-0.05, 0) is 62.4 Å². The molecule has 0 aliphatic heterocycles. The summed E-state index contributed by atoms with van der Waals surface area (Å²) in [5.74, 6) is 0. The van der Waals surface area contributed by atoms with Gasteiger partial charge in [0.2, 0.25) is 0 Å². The summed E-state index contributed by atoms with van der Waals surface area (Å²) in [6.07, 6.45) is 0. The van der Waals surface area contributed by atoms with E-state index >= 15 is 0 Å². The van der Waals surface area contributed by atoms with Crippen molar-refractivity contribution in [1.82, 2.24) is 15.1 Å². The minimum atomic E-state index is 0.218. The van der Waals surface area contributed by atoms with E-state index in [9.17, 15) is 0 Å². The molecular weight excluding hydrogens is 234 g/mol. The Morgan fingerprint density at radius 3 is 1.79 bits per heavy atom. The van der Waals surface area contributed by atoms with Crippen LogP contribution < -0.4 is 5.32 Å². The Morgan fingerprint density at radius 1 is 0.895 bits per heavy atom. The normalized spacial score (nSPS) is 13.9. The van der Waals surface area contributed by atoms with Gasteiger partial charge in [0, 0.05) is 43.3 Å². The predicted molar refractivity (Wildman–Crippen MR) is 86.8 cm³/mol. The van der Waals surface area contributed by atoms with Gasteiger partial charge in [0.25, 0.3) is 0 Å². The molecule has 0 amide bonds. The molecule has 0 radical (unpaired) electrons. The summed E-state index contributed by atoms with van der Waals surface area (Å²) in [6, 6.07) is 0.598. The molecule has 116 valence electrons. The lowest BCUT2D eigenvalue weighted by molar-refractivity contribution is 0.0868. The molecule has 0 saturated carbocycles. The number of likely N-dealkylation sites (N-methyl/N-ethyl adjacent to an activating group) is 1. The molecule has 3 nitrogen and oxygen atoms in total. The molecule has 19 heavy (non-hydrogen) atoms. The van der Waals surface area contributed by atoms with E-state index in [0.29, 0.717) is 6.04 Å². The molecule has 3 heteroatoms. The molecule has 0 unspecified atom stereocenters. The van der Waals surface area contributed by atoms with Gasteiger partial charge in [0.05, 0.1) is 0 Å². The quantitative estimate of drug-likeness (QED) is 0.768. The van der Waals surface area contributed by atoms with Crippen LogP contribution in [-0.4, -0.2) is 60.1 Å². The maximum Gasteiger partial charge on any atom is 0.0128 e. The fraction of sp³-hybridized carbons (Fsp3) is 1.00. The van der Waals surface area contributed by atoms with Crippen LogP contribution in [0.15, 0.2) is 0 Å². The first-order valence-corrected chi connectivity index (χ1v) is 7.64. The van der Waals surface area contributed by atoms with Gasteiger partial charge in [-0.1, -0.05) is 0 Å². The van der Waals surface area contributed by atoms with E-state index in [1.165, 1.54) is 0 Å². The number of hydrogen-bond acceptors (Lipinski definition) is 3. The first-order valence-electron chi connectivity index (χ1n) is 7.64. The molecule has 0 saturated heterocycles. The van der Waals surface area contributed by atoms with Gasteiger partial charge in [0.1, 0.15) is 0 Å². The van der Waals surface area contributed by atoms with Gasteiger partial charge in [-0.3, -0.25) is 4.90 Å². The van der Waals surface area contributed by atoms with Gasteiger partial charge in [-0.15, -0.1) is 0 Å². The van der Waals surface area contributed by atoms with Gasteiger partial charge in [0.15, 0.2) is 0 Å². The number of nitrogens with one attached hydrogen (secondary N) is 1. The molecule has 1 N–H and O–H groups in total. The predicted octanol–water partition coefficient (Wildman–Crippen LogP) is 2.82. The van der Waals surface area contributed by atoms with Gasteiger partial charge in [-0.2, -0.15) is 0 Å². The van der Waals surface area contributed by atoms with Crippen LogP contribution in [0.1, 0.15) is 55.4 Å². The first-order chi connectivity index (χ1) is 8.43. The molecule has 0 spiro atoms. The van der Waals surface area contributed by atoms with Crippen molar-refractivity contribution in [2.24, 2.45) is 0 Å². The maximum absolute atomic E-state index is 3.54. The Balaban J connectivity index is 4.03. The van der Waals surface area contributed by atoms with Crippen molar-refractivity contribution >= 4 is 0 Å². The fourth-order valence-corrected chi connectivity index (χ4v) is 2.38. The average molecular weight is 271 g/mol. The zero-order valence-electron chi connectivity index (χ0n) is 14.8. The third-order valence-corrected chi connectivity index (χ3v) is 3.36. The molecule has 0 aromatic rings. The summed E-state index contributed by atoms with van der Waals surface area (Å²) in [6.45, 7) is 22.5. The molecule has 0 aromatic carbocycles. The zero-order chi connectivity index (χ0) is 15.3. The van der Waals surface area contributed by atoms with E-state index in [4.69, 9.17) is 0 Å². The second-order valence-electron chi connectivity index (χ2n) is 7.94. The first kappa shape index (κ1) is 18.9. The van der Waals surface area contributed by atoms with Crippen LogP contribution in [-0.2, 0) is 0 Å². The van der Waals surface area contributed by atoms with Crippen molar-refractivity contribution in [3.05, 3.63) is 0 Å². The Kier molecular flexibility index (Phi) is 7.56. The van der Waals surface area contributed by atoms with E-state index in [1.807, 2.05) is 0 Å². The number of hydrogen-bond donors (Lipinski definition) is 1. The van der Waals surface area contributed by atoms with Crippen molar-refractivity contribution in [2.75, 3.05) is 33.2 Å². The molecule has 0 fully saturated rings. The van der Waals surface area contributed by atoms with Crippen molar-refractivity contribution in [3.63, 3.8) is 0 Å². The molecule has 0 heterocycles. The maximum atomic E-state index is 3.54. The van der Waals surface area contributed by atoms with Crippen LogP contribution in [0.4, 0.5) is 0 Å². The van der Waals surface area contributed by atoms with E-state index in [0.717, 1.165) is 26.2 Å². The van der Waals surface area contributed by atoms with Crippen molar-refractivity contribution in [1.29, 1.82) is 0 Å². The Labute approximate surface area is 121 Å². The van der Waals surface area contributed by atoms with Crippen LogP contribution in [0.25, 0.3) is 0 Å². The molecular formula is C16H37N3. The third-order valence-electron chi connectivity index (χ3n) is 3.36. The lowest BCUT2D eigenvalue weighted by Gasteiger charge is -2.40. The summed E-state index contributed by atoms with van der Waals surface area (Å²) in [5.41, 5.74) is 0.467. The Bertz CT molecular complexity index is 235. The summed E-state index contributed by atoms with van der Waals surface area (Å²) < 4.78 is 0. The molecule has 0 aliphatic rings. The van der Waals surface area contributed by atoms with Gasteiger partial charge in [-0.25, -0.2) is 0 Å². The smallest absolute Gasteiger partial charge is 0.0128 e.